The fourth-order valence-corrected chi connectivity index (χ4v) is 2.62. The van der Waals surface area contributed by atoms with Crippen LogP contribution in [0, 0.1) is 10.1 Å². The van der Waals surface area contributed by atoms with Crippen molar-refractivity contribution >= 4 is 22.5 Å². The van der Waals surface area contributed by atoms with Gasteiger partial charge in [0.25, 0.3) is 0 Å². The Labute approximate surface area is 159 Å². The third kappa shape index (κ3) is 3.95. The van der Waals surface area contributed by atoms with Gasteiger partial charge in [-0.2, -0.15) is 23.1 Å². The van der Waals surface area contributed by atoms with Gasteiger partial charge >= 0.3 is 23.5 Å². The van der Waals surface area contributed by atoms with Crippen LogP contribution in [0.25, 0.3) is 11.0 Å². The van der Waals surface area contributed by atoms with Crippen molar-refractivity contribution in [3.8, 4) is 11.8 Å². The molecule has 2 aromatic heterocycles. The molecule has 9 nitrogen and oxygen atoms in total. The molecular weight excluding hydrogens is 397 g/mol. The zero-order chi connectivity index (χ0) is 20.8. The molecule has 4 rings (SSSR count). The van der Waals surface area contributed by atoms with Gasteiger partial charge in [0.2, 0.25) is 5.82 Å². The van der Waals surface area contributed by atoms with Crippen molar-refractivity contribution < 1.29 is 27.2 Å². The summed E-state index contributed by atoms with van der Waals surface area (Å²) in [5.74, 6) is -0.0274. The SMILES string of the molecule is O=c1cc(C(F)(F)F)c2ccc(Oc3ncc([N+](=O)[O-])c(NC4CC4)n3)cc2o1. The number of fused-ring (bicyclic) bond motifs is 1. The zero-order valence-corrected chi connectivity index (χ0v) is 14.4. The molecular formula is C17H11F3N4O5. The Morgan fingerprint density at radius 3 is 2.69 bits per heavy atom. The van der Waals surface area contributed by atoms with E-state index in [-0.39, 0.29) is 40.3 Å². The fourth-order valence-electron chi connectivity index (χ4n) is 2.62. The van der Waals surface area contributed by atoms with E-state index in [0.29, 0.717) is 6.07 Å². The maximum Gasteiger partial charge on any atom is 0.417 e. The van der Waals surface area contributed by atoms with Crippen molar-refractivity contribution in [3.05, 3.63) is 56.6 Å². The second-order valence-corrected chi connectivity index (χ2v) is 6.30. The lowest BCUT2D eigenvalue weighted by Gasteiger charge is -2.10. The minimum atomic E-state index is -4.73. The average molecular weight is 408 g/mol. The highest BCUT2D eigenvalue weighted by Gasteiger charge is 2.34. The van der Waals surface area contributed by atoms with E-state index in [9.17, 15) is 28.1 Å². The highest BCUT2D eigenvalue weighted by Crippen LogP contribution is 2.36. The quantitative estimate of drug-likeness (QED) is 0.384. The van der Waals surface area contributed by atoms with E-state index in [1.165, 1.54) is 6.07 Å². The van der Waals surface area contributed by atoms with E-state index >= 15 is 0 Å². The summed E-state index contributed by atoms with van der Waals surface area (Å²) in [6.45, 7) is 0. The van der Waals surface area contributed by atoms with E-state index in [2.05, 4.69) is 15.3 Å². The summed E-state index contributed by atoms with van der Waals surface area (Å²) in [7, 11) is 0. The number of alkyl halides is 3. The number of halogens is 3. The molecule has 150 valence electrons. The van der Waals surface area contributed by atoms with E-state index in [1.54, 1.807) is 0 Å². The Morgan fingerprint density at radius 1 is 1.28 bits per heavy atom. The highest BCUT2D eigenvalue weighted by atomic mass is 19.4. The first-order valence-electron chi connectivity index (χ1n) is 8.31. The monoisotopic (exact) mass is 408 g/mol. The molecule has 1 aliphatic rings. The second-order valence-electron chi connectivity index (χ2n) is 6.30. The second kappa shape index (κ2) is 6.72. The van der Waals surface area contributed by atoms with E-state index in [1.807, 2.05) is 0 Å². The molecule has 2 heterocycles. The van der Waals surface area contributed by atoms with Crippen LogP contribution in [0.15, 0.2) is 39.7 Å². The maximum atomic E-state index is 13.1. The van der Waals surface area contributed by atoms with Crippen LogP contribution in [0.5, 0.6) is 11.8 Å². The summed E-state index contributed by atoms with van der Waals surface area (Å²) in [5, 5.41) is 13.7. The molecule has 0 aliphatic heterocycles. The van der Waals surface area contributed by atoms with Crippen LogP contribution in [-0.4, -0.2) is 20.9 Å². The van der Waals surface area contributed by atoms with Gasteiger partial charge in [0.05, 0.1) is 10.5 Å². The molecule has 0 radical (unpaired) electrons. The predicted octanol–water partition coefficient (Wildman–Crippen LogP) is 3.88. The van der Waals surface area contributed by atoms with Gasteiger partial charge in [-0.3, -0.25) is 10.1 Å². The molecule has 12 heteroatoms. The lowest BCUT2D eigenvalue weighted by molar-refractivity contribution is -0.384. The largest absolute Gasteiger partial charge is 0.424 e. The number of nitrogens with one attached hydrogen (secondary N) is 1. The standard InChI is InChI=1S/C17H11F3N4O5/c18-17(19,20)11-6-14(25)29-13-5-9(3-4-10(11)13)28-16-21-7-12(24(26)27)15(23-16)22-8-1-2-8/h3-8H,1-2H2,(H,21,22,23). The van der Waals surface area contributed by atoms with E-state index in [4.69, 9.17) is 9.15 Å². The molecule has 0 amide bonds. The zero-order valence-electron chi connectivity index (χ0n) is 14.4. The molecule has 1 aromatic carbocycles. The van der Waals surface area contributed by atoms with Crippen LogP contribution in [0.4, 0.5) is 24.7 Å². The van der Waals surface area contributed by atoms with Crippen LogP contribution in [0.1, 0.15) is 18.4 Å². The van der Waals surface area contributed by atoms with Gasteiger partial charge < -0.3 is 14.5 Å². The lowest BCUT2D eigenvalue weighted by atomic mass is 10.1. The lowest BCUT2D eigenvalue weighted by Crippen LogP contribution is -2.11. The van der Waals surface area contributed by atoms with E-state index in [0.717, 1.165) is 31.2 Å². The summed E-state index contributed by atoms with van der Waals surface area (Å²) in [6.07, 6.45) is -2.07. The molecule has 1 aliphatic carbocycles. The normalized spacial score (nSPS) is 14.0. The van der Waals surface area contributed by atoms with Crippen LogP contribution in [0.3, 0.4) is 0 Å². The van der Waals surface area contributed by atoms with E-state index < -0.39 is 22.3 Å². The number of benzene rings is 1. The van der Waals surface area contributed by atoms with Crippen molar-refractivity contribution in [2.45, 2.75) is 25.1 Å². The number of hydrogen-bond donors (Lipinski definition) is 1. The Balaban J connectivity index is 1.69. The van der Waals surface area contributed by atoms with Gasteiger partial charge in [0.1, 0.15) is 17.5 Å². The molecule has 1 fully saturated rings. The van der Waals surface area contributed by atoms with Crippen molar-refractivity contribution in [2.75, 3.05) is 5.32 Å². The summed E-state index contributed by atoms with van der Waals surface area (Å²) in [5.41, 5.74) is -2.95. The van der Waals surface area contributed by atoms with Gasteiger partial charge in [-0.1, -0.05) is 0 Å². The van der Waals surface area contributed by atoms with Crippen molar-refractivity contribution in [2.24, 2.45) is 0 Å². The Morgan fingerprint density at radius 2 is 2.03 bits per heavy atom. The molecule has 0 spiro atoms. The Kier molecular flexibility index (Phi) is 4.32. The molecule has 0 bridgehead atoms. The van der Waals surface area contributed by atoms with Gasteiger partial charge in [-0.15, -0.1) is 0 Å². The minimum Gasteiger partial charge on any atom is -0.424 e. The van der Waals surface area contributed by atoms with Gasteiger partial charge in [0.15, 0.2) is 0 Å². The van der Waals surface area contributed by atoms with Gasteiger partial charge in [0, 0.05) is 23.6 Å². The molecule has 1 saturated carbocycles. The number of rotatable bonds is 5. The Bertz CT molecular complexity index is 1170. The smallest absolute Gasteiger partial charge is 0.417 e. The summed E-state index contributed by atoms with van der Waals surface area (Å²) >= 11 is 0. The molecule has 0 atom stereocenters. The highest BCUT2D eigenvalue weighted by molar-refractivity contribution is 5.82. The molecule has 0 saturated heterocycles. The van der Waals surface area contributed by atoms with Crippen LogP contribution in [0.2, 0.25) is 0 Å². The van der Waals surface area contributed by atoms with Crippen LogP contribution >= 0.6 is 0 Å². The summed E-state index contributed by atoms with van der Waals surface area (Å²) in [6, 6.07) is 3.59. The number of hydrogen-bond acceptors (Lipinski definition) is 8. The van der Waals surface area contributed by atoms with Crippen molar-refractivity contribution in [1.82, 2.24) is 9.97 Å². The first-order valence-corrected chi connectivity index (χ1v) is 8.31. The van der Waals surface area contributed by atoms with Crippen molar-refractivity contribution in [3.63, 3.8) is 0 Å². The number of aromatic nitrogens is 2. The topological polar surface area (TPSA) is 120 Å². The van der Waals surface area contributed by atoms with Gasteiger partial charge in [-0.25, -0.2) is 4.79 Å². The average Bonchev–Trinajstić information content (AvgIpc) is 3.44. The number of nitrogens with zero attached hydrogens (tertiary/aromatic N) is 3. The van der Waals surface area contributed by atoms with Crippen LogP contribution in [-0.2, 0) is 6.18 Å². The van der Waals surface area contributed by atoms with Crippen molar-refractivity contribution in [1.29, 1.82) is 0 Å². The predicted molar refractivity (Wildman–Crippen MR) is 92.9 cm³/mol. The summed E-state index contributed by atoms with van der Waals surface area (Å²) in [4.78, 5) is 29.6. The molecule has 3 aromatic rings. The molecule has 1 N–H and O–H groups in total. The third-order valence-electron chi connectivity index (χ3n) is 4.09. The van der Waals surface area contributed by atoms with Gasteiger partial charge in [-0.05, 0) is 25.0 Å². The molecule has 0 unspecified atom stereocenters. The summed E-state index contributed by atoms with van der Waals surface area (Å²) < 4.78 is 49.6. The number of ether oxygens (including phenoxy) is 1. The number of nitro groups is 1. The Hall–Kier alpha value is -3.70. The fraction of sp³-hybridized carbons (Fsp3) is 0.235. The number of anilines is 1. The minimum absolute atomic E-state index is 0.00815. The first kappa shape index (κ1) is 18.7. The first-order chi connectivity index (χ1) is 13.7. The van der Waals surface area contributed by atoms with Crippen LogP contribution < -0.4 is 15.7 Å². The third-order valence-corrected chi connectivity index (χ3v) is 4.09. The maximum absolute atomic E-state index is 13.1. The molecule has 29 heavy (non-hydrogen) atoms.